The largest absolute Gasteiger partial charge is 0.302 e. The summed E-state index contributed by atoms with van der Waals surface area (Å²) in [6.45, 7) is 4.40. The third-order valence-electron chi connectivity index (χ3n) is 1.83. The van der Waals surface area contributed by atoms with Crippen molar-refractivity contribution in [2.24, 2.45) is 0 Å². The van der Waals surface area contributed by atoms with Crippen molar-refractivity contribution in [3.05, 3.63) is 35.9 Å². The Labute approximate surface area is 75.0 Å². The van der Waals surface area contributed by atoms with Crippen LogP contribution in [-0.4, -0.2) is 18.5 Å². The summed E-state index contributed by atoms with van der Waals surface area (Å²) in [6, 6.07) is 11.2. The molecule has 0 spiro atoms. The maximum absolute atomic E-state index is 3.08. The minimum absolute atomic E-state index is 1.03. The van der Waals surface area contributed by atoms with Crippen molar-refractivity contribution >= 4 is 0 Å². The van der Waals surface area contributed by atoms with E-state index in [1.807, 2.05) is 18.2 Å². The Kier molecular flexibility index (Phi) is 3.81. The molecule has 0 saturated heterocycles. The van der Waals surface area contributed by atoms with Gasteiger partial charge in [0.25, 0.3) is 0 Å². The first-order valence-electron chi connectivity index (χ1n) is 4.46. The zero-order valence-electron chi connectivity index (χ0n) is 7.88. The van der Waals surface area contributed by atoms with Crippen molar-refractivity contribution in [2.75, 3.05) is 13.6 Å². The van der Waals surface area contributed by atoms with E-state index >= 15 is 0 Å². The van der Waals surface area contributed by atoms with E-state index in [1.165, 1.54) is 12.0 Å². The molecule has 1 rings (SSSR count). The SMILES string of the molecule is CCCN(C)Cc1c[c]ccc1. The van der Waals surface area contributed by atoms with Crippen LogP contribution >= 0.6 is 0 Å². The Hall–Kier alpha value is -0.820. The van der Waals surface area contributed by atoms with E-state index in [9.17, 15) is 0 Å². The number of hydrogen-bond acceptors (Lipinski definition) is 1. The molecule has 0 bridgehead atoms. The van der Waals surface area contributed by atoms with E-state index in [0.717, 1.165) is 13.1 Å². The van der Waals surface area contributed by atoms with E-state index in [2.05, 4.69) is 31.0 Å². The van der Waals surface area contributed by atoms with E-state index in [0.29, 0.717) is 0 Å². The lowest BCUT2D eigenvalue weighted by atomic mass is 10.2. The standard InChI is InChI=1S/C11H16N/c1-3-9-12(2)10-11-7-5-4-6-8-11/h4-5,7-8H,3,9-10H2,1-2H3. The highest BCUT2D eigenvalue weighted by Gasteiger charge is 1.96. The third kappa shape index (κ3) is 3.05. The monoisotopic (exact) mass is 162 g/mol. The summed E-state index contributed by atoms with van der Waals surface area (Å²) in [6.07, 6.45) is 1.22. The molecule has 0 saturated carbocycles. The summed E-state index contributed by atoms with van der Waals surface area (Å²) in [4.78, 5) is 2.32. The van der Waals surface area contributed by atoms with E-state index in [4.69, 9.17) is 0 Å². The molecule has 0 unspecified atom stereocenters. The second kappa shape index (κ2) is 4.94. The van der Waals surface area contributed by atoms with Gasteiger partial charge in [-0.05, 0) is 37.7 Å². The first-order chi connectivity index (χ1) is 5.83. The zero-order valence-corrected chi connectivity index (χ0v) is 7.88. The Bertz CT molecular complexity index is 206. The lowest BCUT2D eigenvalue weighted by molar-refractivity contribution is 0.327. The summed E-state index contributed by atoms with van der Waals surface area (Å²) in [5.41, 5.74) is 1.34. The van der Waals surface area contributed by atoms with Crippen LogP contribution in [-0.2, 0) is 6.54 Å². The molecular formula is C11H16N. The van der Waals surface area contributed by atoms with Gasteiger partial charge in [0.1, 0.15) is 0 Å². The molecule has 0 fully saturated rings. The van der Waals surface area contributed by atoms with Gasteiger partial charge in [-0.15, -0.1) is 0 Å². The van der Waals surface area contributed by atoms with Crippen LogP contribution in [0.25, 0.3) is 0 Å². The van der Waals surface area contributed by atoms with Gasteiger partial charge >= 0.3 is 0 Å². The van der Waals surface area contributed by atoms with Crippen LogP contribution in [0.4, 0.5) is 0 Å². The Morgan fingerprint density at radius 1 is 1.50 bits per heavy atom. The molecule has 0 aromatic heterocycles. The summed E-state index contributed by atoms with van der Waals surface area (Å²) in [5, 5.41) is 0. The highest BCUT2D eigenvalue weighted by Crippen LogP contribution is 2.01. The highest BCUT2D eigenvalue weighted by molar-refractivity contribution is 5.13. The zero-order chi connectivity index (χ0) is 8.81. The van der Waals surface area contributed by atoms with E-state index in [1.54, 1.807) is 0 Å². The Morgan fingerprint density at radius 3 is 2.92 bits per heavy atom. The van der Waals surface area contributed by atoms with Gasteiger partial charge < -0.3 is 4.90 Å². The van der Waals surface area contributed by atoms with Crippen molar-refractivity contribution in [1.82, 2.24) is 4.90 Å². The first-order valence-corrected chi connectivity index (χ1v) is 4.46. The Balaban J connectivity index is 2.41. The summed E-state index contributed by atoms with van der Waals surface area (Å²) in [7, 11) is 2.15. The van der Waals surface area contributed by atoms with Gasteiger partial charge in [-0.2, -0.15) is 0 Å². The fourth-order valence-electron chi connectivity index (χ4n) is 1.30. The van der Waals surface area contributed by atoms with Gasteiger partial charge in [0.2, 0.25) is 0 Å². The molecule has 65 valence electrons. The molecule has 1 aromatic rings. The van der Waals surface area contributed by atoms with Crippen LogP contribution < -0.4 is 0 Å². The molecule has 1 aromatic carbocycles. The van der Waals surface area contributed by atoms with Gasteiger partial charge in [0.05, 0.1) is 0 Å². The van der Waals surface area contributed by atoms with Crippen molar-refractivity contribution in [1.29, 1.82) is 0 Å². The van der Waals surface area contributed by atoms with Gasteiger partial charge in [-0.1, -0.05) is 25.1 Å². The van der Waals surface area contributed by atoms with Crippen LogP contribution in [0.3, 0.4) is 0 Å². The molecule has 1 heteroatoms. The summed E-state index contributed by atoms with van der Waals surface area (Å²) >= 11 is 0. The predicted octanol–water partition coefficient (Wildman–Crippen LogP) is 2.33. The fourth-order valence-corrected chi connectivity index (χ4v) is 1.30. The van der Waals surface area contributed by atoms with Gasteiger partial charge in [0, 0.05) is 6.54 Å². The van der Waals surface area contributed by atoms with Gasteiger partial charge in [-0.25, -0.2) is 0 Å². The molecule has 0 atom stereocenters. The van der Waals surface area contributed by atoms with Gasteiger partial charge in [0.15, 0.2) is 0 Å². The number of nitrogens with zero attached hydrogens (tertiary/aromatic N) is 1. The van der Waals surface area contributed by atoms with Crippen LogP contribution in [0.1, 0.15) is 18.9 Å². The van der Waals surface area contributed by atoms with Crippen LogP contribution in [0.5, 0.6) is 0 Å². The second-order valence-electron chi connectivity index (χ2n) is 3.15. The number of hydrogen-bond donors (Lipinski definition) is 0. The number of benzene rings is 1. The lowest BCUT2D eigenvalue weighted by Crippen LogP contribution is -2.18. The molecule has 0 N–H and O–H groups in total. The number of rotatable bonds is 4. The molecule has 0 amide bonds. The quantitative estimate of drug-likeness (QED) is 0.656. The third-order valence-corrected chi connectivity index (χ3v) is 1.83. The molecule has 0 aliphatic heterocycles. The van der Waals surface area contributed by atoms with E-state index in [-0.39, 0.29) is 0 Å². The maximum atomic E-state index is 3.08. The maximum Gasteiger partial charge on any atom is 0.0230 e. The topological polar surface area (TPSA) is 3.24 Å². The predicted molar refractivity (Wildman–Crippen MR) is 51.9 cm³/mol. The molecule has 0 heterocycles. The average Bonchev–Trinajstić information content (AvgIpc) is 2.06. The van der Waals surface area contributed by atoms with Crippen molar-refractivity contribution in [3.8, 4) is 0 Å². The molecule has 1 radical (unpaired) electrons. The van der Waals surface area contributed by atoms with Crippen LogP contribution in [0.15, 0.2) is 24.3 Å². The first kappa shape index (κ1) is 9.27. The van der Waals surface area contributed by atoms with Crippen molar-refractivity contribution < 1.29 is 0 Å². The van der Waals surface area contributed by atoms with Crippen LogP contribution in [0.2, 0.25) is 0 Å². The van der Waals surface area contributed by atoms with Crippen LogP contribution in [0, 0.1) is 6.07 Å². The summed E-state index contributed by atoms with van der Waals surface area (Å²) in [5.74, 6) is 0. The smallest absolute Gasteiger partial charge is 0.0230 e. The molecule has 12 heavy (non-hydrogen) atoms. The average molecular weight is 162 g/mol. The minimum atomic E-state index is 1.03. The van der Waals surface area contributed by atoms with Crippen molar-refractivity contribution in [2.45, 2.75) is 19.9 Å². The summed E-state index contributed by atoms with van der Waals surface area (Å²) < 4.78 is 0. The normalized spacial score (nSPS) is 10.6. The molecular weight excluding hydrogens is 146 g/mol. The molecule has 0 aliphatic rings. The highest BCUT2D eigenvalue weighted by atomic mass is 15.1. The Morgan fingerprint density at radius 2 is 2.33 bits per heavy atom. The second-order valence-corrected chi connectivity index (χ2v) is 3.15. The molecule has 1 nitrogen and oxygen atoms in total. The van der Waals surface area contributed by atoms with Crippen molar-refractivity contribution in [3.63, 3.8) is 0 Å². The lowest BCUT2D eigenvalue weighted by Gasteiger charge is -2.14. The fraction of sp³-hybridized carbons (Fsp3) is 0.455. The molecule has 0 aliphatic carbocycles. The van der Waals surface area contributed by atoms with Gasteiger partial charge in [-0.3, -0.25) is 0 Å². The minimum Gasteiger partial charge on any atom is -0.302 e. The van der Waals surface area contributed by atoms with E-state index < -0.39 is 0 Å².